The Hall–Kier alpha value is -3.44. The first kappa shape index (κ1) is 20.8. The molecule has 1 amide bonds. The topological polar surface area (TPSA) is 56.4 Å². The number of carbonyl (C=O) groups excluding carboxylic acids is 1. The normalized spacial score (nSPS) is 14.8. The van der Waals surface area contributed by atoms with Gasteiger partial charge >= 0.3 is 0 Å². The van der Waals surface area contributed by atoms with Crippen molar-refractivity contribution in [1.29, 1.82) is 0 Å². The molecule has 0 saturated carbocycles. The van der Waals surface area contributed by atoms with E-state index in [1.54, 1.807) is 11.0 Å². The van der Waals surface area contributed by atoms with Crippen LogP contribution in [0.3, 0.4) is 0 Å². The zero-order valence-electron chi connectivity index (χ0n) is 17.8. The summed E-state index contributed by atoms with van der Waals surface area (Å²) < 4.78 is 0. The second kappa shape index (κ2) is 9.58. The van der Waals surface area contributed by atoms with E-state index in [0.29, 0.717) is 13.1 Å². The smallest absolute Gasteiger partial charge is 0.261 e. The fourth-order valence-electron chi connectivity index (χ4n) is 3.83. The molecule has 1 N–H and O–H groups in total. The molecule has 2 aromatic carbocycles. The van der Waals surface area contributed by atoms with Crippen LogP contribution in [0.5, 0.6) is 0 Å². The molecule has 1 aliphatic heterocycles. The summed E-state index contributed by atoms with van der Waals surface area (Å²) in [6.45, 7) is 5.70. The number of amides is 1. The quantitative estimate of drug-likeness (QED) is 0.692. The standard InChI is InChI=1S/C26H27N3O2/c1-20-7-5-11-22(19-20)24-13-12-23(25(30)27-24)26(31)29-17-15-28(16-18-29)14-6-10-21-8-3-2-4-9-21/h2-13,19H,14-18H2,1H3,(H,27,30). The van der Waals surface area contributed by atoms with Crippen molar-refractivity contribution < 1.29 is 4.79 Å². The maximum Gasteiger partial charge on any atom is 0.261 e. The first-order valence-corrected chi connectivity index (χ1v) is 10.6. The van der Waals surface area contributed by atoms with Crippen molar-refractivity contribution in [2.45, 2.75) is 6.92 Å². The number of H-pyrrole nitrogens is 1. The summed E-state index contributed by atoms with van der Waals surface area (Å²) in [6.07, 6.45) is 4.27. The van der Waals surface area contributed by atoms with Gasteiger partial charge < -0.3 is 9.88 Å². The van der Waals surface area contributed by atoms with Gasteiger partial charge in [0.15, 0.2) is 0 Å². The van der Waals surface area contributed by atoms with Gasteiger partial charge in [-0.15, -0.1) is 0 Å². The molecule has 4 rings (SSSR count). The van der Waals surface area contributed by atoms with Crippen LogP contribution in [-0.4, -0.2) is 53.4 Å². The molecule has 0 bridgehead atoms. The van der Waals surface area contributed by atoms with Gasteiger partial charge in [0.2, 0.25) is 0 Å². The van der Waals surface area contributed by atoms with Crippen LogP contribution in [0.4, 0.5) is 0 Å². The number of rotatable bonds is 5. The third kappa shape index (κ3) is 5.19. The lowest BCUT2D eigenvalue weighted by molar-refractivity contribution is 0.0648. The highest BCUT2D eigenvalue weighted by Crippen LogP contribution is 2.17. The molecule has 0 radical (unpaired) electrons. The fraction of sp³-hybridized carbons (Fsp3) is 0.231. The van der Waals surface area contributed by atoms with Gasteiger partial charge in [-0.1, -0.05) is 66.2 Å². The van der Waals surface area contributed by atoms with Gasteiger partial charge in [-0.2, -0.15) is 0 Å². The van der Waals surface area contributed by atoms with E-state index in [9.17, 15) is 9.59 Å². The fourth-order valence-corrected chi connectivity index (χ4v) is 3.83. The first-order valence-electron chi connectivity index (χ1n) is 10.6. The van der Waals surface area contributed by atoms with Crippen molar-refractivity contribution in [1.82, 2.24) is 14.8 Å². The van der Waals surface area contributed by atoms with E-state index in [1.807, 2.05) is 55.5 Å². The zero-order valence-corrected chi connectivity index (χ0v) is 17.8. The van der Waals surface area contributed by atoms with Crippen molar-refractivity contribution in [2.75, 3.05) is 32.7 Å². The van der Waals surface area contributed by atoms with Crippen molar-refractivity contribution in [3.05, 3.63) is 99.9 Å². The SMILES string of the molecule is Cc1cccc(-c2ccc(C(=O)N3CCN(CC=Cc4ccccc4)CC3)c(=O)[nH]2)c1. The average molecular weight is 414 g/mol. The lowest BCUT2D eigenvalue weighted by Gasteiger charge is -2.34. The maximum atomic E-state index is 12.9. The van der Waals surface area contributed by atoms with Crippen LogP contribution in [0, 0.1) is 6.92 Å². The number of nitrogens with zero attached hydrogens (tertiary/aromatic N) is 2. The second-order valence-electron chi connectivity index (χ2n) is 7.89. The van der Waals surface area contributed by atoms with E-state index in [0.717, 1.165) is 36.5 Å². The van der Waals surface area contributed by atoms with Crippen LogP contribution in [0.25, 0.3) is 17.3 Å². The molecule has 1 saturated heterocycles. The van der Waals surface area contributed by atoms with Gasteiger partial charge in [0.05, 0.1) is 0 Å². The Balaban J connectivity index is 1.35. The Kier molecular flexibility index (Phi) is 6.43. The largest absolute Gasteiger partial charge is 0.336 e. The number of hydrogen-bond acceptors (Lipinski definition) is 3. The summed E-state index contributed by atoms with van der Waals surface area (Å²) in [4.78, 5) is 32.5. The third-order valence-electron chi connectivity index (χ3n) is 5.60. The van der Waals surface area contributed by atoms with Crippen molar-refractivity contribution in [3.8, 4) is 11.3 Å². The Morgan fingerprint density at radius 2 is 1.74 bits per heavy atom. The van der Waals surface area contributed by atoms with Crippen LogP contribution in [0.15, 0.2) is 77.6 Å². The van der Waals surface area contributed by atoms with E-state index in [2.05, 4.69) is 34.2 Å². The molecular formula is C26H27N3O2. The van der Waals surface area contributed by atoms with Gasteiger partial charge in [0, 0.05) is 38.4 Å². The summed E-state index contributed by atoms with van der Waals surface area (Å²) in [7, 11) is 0. The predicted octanol–water partition coefficient (Wildman–Crippen LogP) is 3.82. The number of pyridine rings is 1. The number of hydrogen-bond donors (Lipinski definition) is 1. The minimum Gasteiger partial charge on any atom is -0.336 e. The van der Waals surface area contributed by atoms with Gasteiger partial charge in [-0.05, 0) is 36.2 Å². The molecule has 1 fully saturated rings. The number of nitrogens with one attached hydrogen (secondary N) is 1. The minimum absolute atomic E-state index is 0.198. The van der Waals surface area contributed by atoms with Gasteiger partial charge in [-0.3, -0.25) is 14.5 Å². The molecule has 2 heterocycles. The van der Waals surface area contributed by atoms with E-state index in [4.69, 9.17) is 0 Å². The molecule has 31 heavy (non-hydrogen) atoms. The molecule has 0 unspecified atom stereocenters. The number of piperazine rings is 1. The lowest BCUT2D eigenvalue weighted by Crippen LogP contribution is -2.49. The van der Waals surface area contributed by atoms with Crippen LogP contribution in [0.1, 0.15) is 21.5 Å². The highest BCUT2D eigenvalue weighted by molar-refractivity contribution is 5.94. The third-order valence-corrected chi connectivity index (χ3v) is 5.60. The van der Waals surface area contributed by atoms with E-state index < -0.39 is 0 Å². The molecule has 5 nitrogen and oxygen atoms in total. The molecule has 158 valence electrons. The molecule has 0 atom stereocenters. The van der Waals surface area contributed by atoms with E-state index in [1.165, 1.54) is 5.56 Å². The lowest BCUT2D eigenvalue weighted by atomic mass is 10.1. The van der Waals surface area contributed by atoms with E-state index >= 15 is 0 Å². The molecular weight excluding hydrogens is 386 g/mol. The van der Waals surface area contributed by atoms with Crippen molar-refractivity contribution in [3.63, 3.8) is 0 Å². The highest BCUT2D eigenvalue weighted by Gasteiger charge is 2.23. The number of aromatic amines is 1. The summed E-state index contributed by atoms with van der Waals surface area (Å²) in [5.74, 6) is -0.198. The number of carbonyl (C=O) groups is 1. The maximum absolute atomic E-state index is 12.9. The summed E-state index contributed by atoms with van der Waals surface area (Å²) in [6, 6.07) is 21.6. The van der Waals surface area contributed by atoms with Gasteiger partial charge in [-0.25, -0.2) is 0 Å². The van der Waals surface area contributed by atoms with Crippen LogP contribution in [-0.2, 0) is 0 Å². The van der Waals surface area contributed by atoms with E-state index in [-0.39, 0.29) is 17.0 Å². The highest BCUT2D eigenvalue weighted by atomic mass is 16.2. The minimum atomic E-state index is -0.336. The van der Waals surface area contributed by atoms with Crippen LogP contribution >= 0.6 is 0 Å². The Morgan fingerprint density at radius 1 is 0.968 bits per heavy atom. The Labute approximate surface area is 182 Å². The zero-order chi connectivity index (χ0) is 21.6. The summed E-state index contributed by atoms with van der Waals surface area (Å²) >= 11 is 0. The van der Waals surface area contributed by atoms with Crippen LogP contribution < -0.4 is 5.56 Å². The molecule has 0 spiro atoms. The average Bonchev–Trinajstić information content (AvgIpc) is 2.80. The number of aromatic nitrogens is 1. The number of benzene rings is 2. The van der Waals surface area contributed by atoms with Crippen molar-refractivity contribution >= 4 is 12.0 Å². The summed E-state index contributed by atoms with van der Waals surface area (Å²) in [5, 5.41) is 0. The van der Waals surface area contributed by atoms with Gasteiger partial charge in [0.1, 0.15) is 5.56 Å². The number of aryl methyl sites for hydroxylation is 1. The summed E-state index contributed by atoms with van der Waals surface area (Å²) in [5.41, 5.74) is 3.83. The Morgan fingerprint density at radius 3 is 2.45 bits per heavy atom. The molecule has 1 aromatic heterocycles. The molecule has 3 aromatic rings. The first-order chi connectivity index (χ1) is 15.1. The van der Waals surface area contributed by atoms with Crippen LogP contribution in [0.2, 0.25) is 0 Å². The monoisotopic (exact) mass is 413 g/mol. The molecule has 1 aliphatic rings. The second-order valence-corrected chi connectivity index (χ2v) is 7.89. The van der Waals surface area contributed by atoms with Crippen molar-refractivity contribution in [2.24, 2.45) is 0 Å². The molecule has 5 heteroatoms. The van der Waals surface area contributed by atoms with Gasteiger partial charge in [0.25, 0.3) is 11.5 Å². The Bertz CT molecular complexity index is 1130. The molecule has 0 aliphatic carbocycles. The predicted molar refractivity (Wildman–Crippen MR) is 125 cm³/mol.